The molecule has 1 aromatic rings. The molecule has 0 atom stereocenters. The minimum absolute atomic E-state index is 0.0482. The number of hydrogen-bond donors (Lipinski definition) is 1. The van der Waals surface area contributed by atoms with Crippen molar-refractivity contribution < 1.29 is 18.4 Å². The maximum atomic E-state index is 13.5. The fourth-order valence-electron chi connectivity index (χ4n) is 2.37. The molecule has 0 spiro atoms. The third-order valence-corrected chi connectivity index (χ3v) is 3.60. The second-order valence-corrected chi connectivity index (χ2v) is 4.97. The number of likely N-dealkylation sites (tertiary alicyclic amines) is 1. The number of nitrogens with two attached hydrogens (primary N) is 1. The average Bonchev–Trinajstić information content (AvgIpc) is 2.43. The summed E-state index contributed by atoms with van der Waals surface area (Å²) in [7, 11) is 0. The number of rotatable bonds is 3. The zero-order valence-electron chi connectivity index (χ0n) is 10.9. The quantitative estimate of drug-likeness (QED) is 0.906. The Labute approximate surface area is 115 Å². The molecule has 1 fully saturated rings. The summed E-state index contributed by atoms with van der Waals surface area (Å²) in [6.07, 6.45) is 0.865. The molecule has 0 unspecified atom stereocenters. The molecule has 2 rings (SSSR count). The van der Waals surface area contributed by atoms with Crippen LogP contribution in [-0.2, 0) is 16.0 Å². The topological polar surface area (TPSA) is 63.4 Å². The van der Waals surface area contributed by atoms with Gasteiger partial charge in [0.25, 0.3) is 0 Å². The van der Waals surface area contributed by atoms with Gasteiger partial charge >= 0.3 is 0 Å². The van der Waals surface area contributed by atoms with Gasteiger partial charge in [-0.1, -0.05) is 0 Å². The highest BCUT2D eigenvalue weighted by Crippen LogP contribution is 2.18. The second kappa shape index (κ2) is 5.98. The van der Waals surface area contributed by atoms with Gasteiger partial charge in [-0.2, -0.15) is 0 Å². The van der Waals surface area contributed by atoms with Crippen molar-refractivity contribution in [3.8, 4) is 0 Å². The number of nitrogens with zero attached hydrogens (tertiary/aromatic N) is 1. The fraction of sp³-hybridized carbons (Fsp3) is 0.429. The largest absolute Gasteiger partial charge is 0.369 e. The summed E-state index contributed by atoms with van der Waals surface area (Å²) in [6, 6.07) is 3.06. The Morgan fingerprint density at radius 1 is 1.25 bits per heavy atom. The Bertz CT molecular complexity index is 526. The Morgan fingerprint density at radius 3 is 2.50 bits per heavy atom. The Kier molecular flexibility index (Phi) is 4.32. The summed E-state index contributed by atoms with van der Waals surface area (Å²) < 4.78 is 26.5. The zero-order valence-corrected chi connectivity index (χ0v) is 10.9. The first-order valence-electron chi connectivity index (χ1n) is 6.48. The molecule has 0 bridgehead atoms. The van der Waals surface area contributed by atoms with E-state index in [0.29, 0.717) is 25.9 Å². The van der Waals surface area contributed by atoms with Crippen LogP contribution in [0.15, 0.2) is 18.2 Å². The standard InChI is InChI=1S/C14H16F2N2O2/c15-11-1-2-12(16)10(7-11)8-13(19)18-5-3-9(4-6-18)14(17)20/h1-2,7,9H,3-6,8H2,(H2,17,20). The molecule has 1 aromatic carbocycles. The van der Waals surface area contributed by atoms with Crippen molar-refractivity contribution in [1.29, 1.82) is 0 Å². The smallest absolute Gasteiger partial charge is 0.227 e. The van der Waals surface area contributed by atoms with Gasteiger partial charge in [-0.25, -0.2) is 8.78 Å². The van der Waals surface area contributed by atoms with Gasteiger partial charge in [-0.3, -0.25) is 9.59 Å². The SMILES string of the molecule is NC(=O)C1CCN(C(=O)Cc2cc(F)ccc2F)CC1. The Hall–Kier alpha value is -1.98. The van der Waals surface area contributed by atoms with Crippen LogP contribution in [0, 0.1) is 17.6 Å². The molecule has 2 amide bonds. The van der Waals surface area contributed by atoms with Crippen molar-refractivity contribution in [1.82, 2.24) is 4.90 Å². The lowest BCUT2D eigenvalue weighted by molar-refractivity contribution is -0.134. The van der Waals surface area contributed by atoms with Gasteiger partial charge < -0.3 is 10.6 Å². The predicted molar refractivity (Wildman–Crippen MR) is 68.6 cm³/mol. The van der Waals surface area contributed by atoms with Crippen LogP contribution >= 0.6 is 0 Å². The van der Waals surface area contributed by atoms with Gasteiger partial charge in [0.1, 0.15) is 11.6 Å². The summed E-state index contributed by atoms with van der Waals surface area (Å²) in [5.74, 6) is -1.98. The van der Waals surface area contributed by atoms with Gasteiger partial charge in [0, 0.05) is 24.6 Å². The van der Waals surface area contributed by atoms with E-state index >= 15 is 0 Å². The van der Waals surface area contributed by atoms with E-state index in [9.17, 15) is 18.4 Å². The molecule has 1 saturated heterocycles. The minimum Gasteiger partial charge on any atom is -0.369 e. The van der Waals surface area contributed by atoms with Crippen LogP contribution in [0.2, 0.25) is 0 Å². The Balaban J connectivity index is 1.96. The summed E-state index contributed by atoms with van der Waals surface area (Å²) in [5.41, 5.74) is 5.26. The van der Waals surface area contributed by atoms with Crippen LogP contribution in [-0.4, -0.2) is 29.8 Å². The normalized spacial score (nSPS) is 16.2. The third-order valence-electron chi connectivity index (χ3n) is 3.60. The number of amides is 2. The zero-order chi connectivity index (χ0) is 14.7. The van der Waals surface area contributed by atoms with Gasteiger partial charge in [-0.15, -0.1) is 0 Å². The summed E-state index contributed by atoms with van der Waals surface area (Å²) >= 11 is 0. The highest BCUT2D eigenvalue weighted by Gasteiger charge is 2.26. The first-order chi connectivity index (χ1) is 9.47. The molecular weight excluding hydrogens is 266 g/mol. The number of carbonyl (C=O) groups excluding carboxylic acids is 2. The molecule has 4 nitrogen and oxygen atoms in total. The monoisotopic (exact) mass is 282 g/mol. The summed E-state index contributed by atoms with van der Waals surface area (Å²) in [5, 5.41) is 0. The lowest BCUT2D eigenvalue weighted by Crippen LogP contribution is -2.42. The fourth-order valence-corrected chi connectivity index (χ4v) is 2.37. The molecule has 108 valence electrons. The number of benzene rings is 1. The van der Waals surface area contributed by atoms with Crippen molar-refractivity contribution in [2.75, 3.05) is 13.1 Å². The lowest BCUT2D eigenvalue weighted by Gasteiger charge is -2.30. The van der Waals surface area contributed by atoms with Crippen molar-refractivity contribution >= 4 is 11.8 Å². The molecule has 0 aromatic heterocycles. The molecule has 0 aliphatic carbocycles. The highest BCUT2D eigenvalue weighted by molar-refractivity contribution is 5.80. The number of carbonyl (C=O) groups is 2. The molecule has 2 N–H and O–H groups in total. The van der Waals surface area contributed by atoms with Crippen molar-refractivity contribution in [3.63, 3.8) is 0 Å². The molecule has 0 saturated carbocycles. The van der Waals surface area contributed by atoms with Gasteiger partial charge in [-0.05, 0) is 31.0 Å². The predicted octanol–water partition coefficient (Wildman–Crippen LogP) is 1.23. The molecule has 1 aliphatic rings. The van der Waals surface area contributed by atoms with E-state index in [4.69, 9.17) is 5.73 Å². The van der Waals surface area contributed by atoms with Crippen LogP contribution in [0.3, 0.4) is 0 Å². The maximum absolute atomic E-state index is 13.5. The van der Waals surface area contributed by atoms with E-state index in [2.05, 4.69) is 0 Å². The van der Waals surface area contributed by atoms with E-state index in [-0.39, 0.29) is 29.7 Å². The molecule has 1 heterocycles. The van der Waals surface area contributed by atoms with Crippen molar-refractivity contribution in [2.45, 2.75) is 19.3 Å². The summed E-state index contributed by atoms with van der Waals surface area (Å²) in [6.45, 7) is 0.840. The maximum Gasteiger partial charge on any atom is 0.227 e. The molecule has 20 heavy (non-hydrogen) atoms. The molecule has 6 heteroatoms. The van der Waals surface area contributed by atoms with Gasteiger partial charge in [0.15, 0.2) is 0 Å². The number of halogens is 2. The molecular formula is C14H16F2N2O2. The number of hydrogen-bond acceptors (Lipinski definition) is 2. The average molecular weight is 282 g/mol. The first-order valence-corrected chi connectivity index (χ1v) is 6.48. The van der Waals surface area contributed by atoms with Crippen LogP contribution in [0.25, 0.3) is 0 Å². The van der Waals surface area contributed by atoms with E-state index < -0.39 is 11.6 Å². The minimum atomic E-state index is -0.591. The number of primary amides is 1. The summed E-state index contributed by atoms with van der Waals surface area (Å²) in [4.78, 5) is 24.6. The van der Waals surface area contributed by atoms with E-state index in [0.717, 1.165) is 18.2 Å². The second-order valence-electron chi connectivity index (χ2n) is 4.97. The van der Waals surface area contributed by atoms with Crippen molar-refractivity contribution in [3.05, 3.63) is 35.4 Å². The van der Waals surface area contributed by atoms with E-state index in [1.54, 1.807) is 4.90 Å². The van der Waals surface area contributed by atoms with E-state index in [1.807, 2.05) is 0 Å². The van der Waals surface area contributed by atoms with Crippen LogP contribution in [0.5, 0.6) is 0 Å². The van der Waals surface area contributed by atoms with Gasteiger partial charge in [0.05, 0.1) is 6.42 Å². The molecule has 1 aliphatic heterocycles. The van der Waals surface area contributed by atoms with E-state index in [1.165, 1.54) is 0 Å². The number of piperidine rings is 1. The van der Waals surface area contributed by atoms with Crippen molar-refractivity contribution in [2.24, 2.45) is 11.7 Å². The highest BCUT2D eigenvalue weighted by atomic mass is 19.1. The van der Waals surface area contributed by atoms with Crippen LogP contribution in [0.1, 0.15) is 18.4 Å². The third kappa shape index (κ3) is 3.31. The Morgan fingerprint density at radius 2 is 1.90 bits per heavy atom. The van der Waals surface area contributed by atoms with Gasteiger partial charge in [0.2, 0.25) is 11.8 Å². The van der Waals surface area contributed by atoms with Crippen LogP contribution in [0.4, 0.5) is 8.78 Å². The molecule has 0 radical (unpaired) electrons. The van der Waals surface area contributed by atoms with Crippen LogP contribution < -0.4 is 5.73 Å². The first kappa shape index (κ1) is 14.4. The lowest BCUT2D eigenvalue weighted by atomic mass is 9.96.